The first-order chi connectivity index (χ1) is 12.9. The molecule has 0 radical (unpaired) electrons. The molecule has 4 aromatic rings. The monoisotopic (exact) mass is 382 g/mol. The summed E-state index contributed by atoms with van der Waals surface area (Å²) in [6.45, 7) is 1.95. The molecule has 0 aliphatic heterocycles. The van der Waals surface area contributed by atoms with E-state index in [-0.39, 0.29) is 0 Å². The number of halogens is 1. The van der Waals surface area contributed by atoms with Gasteiger partial charge in [0.05, 0.1) is 23.8 Å². The molecule has 0 amide bonds. The topological polar surface area (TPSA) is 79.2 Å². The number of rotatable bonds is 3. The number of aromatic nitrogens is 8. The van der Waals surface area contributed by atoms with E-state index in [0.717, 1.165) is 40.5 Å². The number of hydrogen-bond donors (Lipinski definition) is 0. The summed E-state index contributed by atoms with van der Waals surface area (Å²) in [5.41, 5.74) is 5.33. The molecule has 138 valence electrons. The van der Waals surface area contributed by atoms with Crippen molar-refractivity contribution in [2.75, 3.05) is 0 Å². The van der Waals surface area contributed by atoms with Crippen LogP contribution in [-0.2, 0) is 21.1 Å². The molecule has 27 heavy (non-hydrogen) atoms. The summed E-state index contributed by atoms with van der Waals surface area (Å²) in [7, 11) is 5.74. The summed E-state index contributed by atoms with van der Waals surface area (Å²) in [5, 5.41) is 9.68. The second kappa shape index (κ2) is 5.63. The summed E-state index contributed by atoms with van der Waals surface area (Å²) < 4.78 is 5.52. The lowest BCUT2D eigenvalue weighted by molar-refractivity contribution is 0.744. The SMILES string of the molecule is Cc1nc2ncc(-c3cc(C4CC4c4cnn(C)c4Cl)nn3C)nc2n1C. The van der Waals surface area contributed by atoms with Crippen molar-refractivity contribution < 1.29 is 0 Å². The maximum absolute atomic E-state index is 6.35. The standard InChI is InChI=1S/C18H19ClN8/c1-9-22-17-18(25(9)2)23-14(8-20-17)15-6-13(24-26(15)3)11-5-10(11)12-7-21-27(4)16(12)19/h6-8,10-11H,5H2,1-4H3. The van der Waals surface area contributed by atoms with Gasteiger partial charge in [-0.05, 0) is 25.3 Å². The van der Waals surface area contributed by atoms with Crippen LogP contribution >= 0.6 is 11.6 Å². The van der Waals surface area contributed by atoms with Gasteiger partial charge in [0, 0.05) is 32.6 Å². The number of fused-ring (bicyclic) bond motifs is 1. The van der Waals surface area contributed by atoms with E-state index in [2.05, 4.69) is 21.1 Å². The lowest BCUT2D eigenvalue weighted by atomic mass is 10.1. The van der Waals surface area contributed by atoms with Crippen LogP contribution in [0.3, 0.4) is 0 Å². The Kier molecular flexibility index (Phi) is 3.42. The first kappa shape index (κ1) is 16.4. The van der Waals surface area contributed by atoms with E-state index >= 15 is 0 Å². The van der Waals surface area contributed by atoms with Crippen molar-refractivity contribution in [3.63, 3.8) is 0 Å². The van der Waals surface area contributed by atoms with Crippen molar-refractivity contribution >= 4 is 22.9 Å². The molecule has 1 saturated carbocycles. The van der Waals surface area contributed by atoms with Crippen LogP contribution in [0, 0.1) is 6.92 Å². The van der Waals surface area contributed by atoms with E-state index in [1.165, 1.54) is 0 Å². The number of nitrogens with zero attached hydrogens (tertiary/aromatic N) is 8. The molecular weight excluding hydrogens is 364 g/mol. The van der Waals surface area contributed by atoms with E-state index in [9.17, 15) is 0 Å². The third-order valence-electron chi connectivity index (χ3n) is 5.43. The molecular formula is C18H19ClN8. The second-order valence-corrected chi connectivity index (χ2v) is 7.52. The van der Waals surface area contributed by atoms with E-state index in [1.807, 2.05) is 43.5 Å². The minimum Gasteiger partial charge on any atom is -0.315 e. The molecule has 1 fully saturated rings. The lowest BCUT2D eigenvalue weighted by Gasteiger charge is -2.01. The van der Waals surface area contributed by atoms with Crippen LogP contribution < -0.4 is 0 Å². The Hall–Kier alpha value is -2.74. The molecule has 0 saturated heterocycles. The molecule has 5 rings (SSSR count). The fourth-order valence-electron chi connectivity index (χ4n) is 3.65. The first-order valence-corrected chi connectivity index (χ1v) is 9.19. The minimum atomic E-state index is 0.363. The highest BCUT2D eigenvalue weighted by molar-refractivity contribution is 6.30. The molecule has 1 aliphatic carbocycles. The van der Waals surface area contributed by atoms with Gasteiger partial charge in [-0.1, -0.05) is 11.6 Å². The van der Waals surface area contributed by atoms with Crippen LogP contribution in [0.2, 0.25) is 5.15 Å². The smallest absolute Gasteiger partial charge is 0.197 e. The second-order valence-electron chi connectivity index (χ2n) is 7.16. The molecule has 2 unspecified atom stereocenters. The fourth-order valence-corrected chi connectivity index (χ4v) is 3.88. The third-order valence-corrected chi connectivity index (χ3v) is 5.89. The van der Waals surface area contributed by atoms with Crippen LogP contribution in [-0.4, -0.2) is 39.1 Å². The first-order valence-electron chi connectivity index (χ1n) is 8.81. The maximum atomic E-state index is 6.35. The Morgan fingerprint density at radius 3 is 2.63 bits per heavy atom. The van der Waals surface area contributed by atoms with Gasteiger partial charge in [0.1, 0.15) is 16.7 Å². The molecule has 8 nitrogen and oxygen atoms in total. The quantitative estimate of drug-likeness (QED) is 0.544. The molecule has 0 spiro atoms. The molecule has 4 heterocycles. The normalized spacial score (nSPS) is 19.1. The van der Waals surface area contributed by atoms with Crippen molar-refractivity contribution in [1.82, 2.24) is 39.1 Å². The molecule has 1 aliphatic rings. The zero-order chi connectivity index (χ0) is 18.9. The third kappa shape index (κ3) is 2.47. The Labute approximate surface area is 160 Å². The average molecular weight is 383 g/mol. The minimum absolute atomic E-state index is 0.363. The van der Waals surface area contributed by atoms with Gasteiger partial charge in [0.2, 0.25) is 0 Å². The summed E-state index contributed by atoms with van der Waals surface area (Å²) in [5.74, 6) is 1.63. The summed E-state index contributed by atoms with van der Waals surface area (Å²) in [6, 6.07) is 2.11. The van der Waals surface area contributed by atoms with Crippen LogP contribution in [0.1, 0.15) is 35.3 Å². The highest BCUT2D eigenvalue weighted by Gasteiger charge is 2.43. The van der Waals surface area contributed by atoms with Gasteiger partial charge in [-0.2, -0.15) is 10.2 Å². The van der Waals surface area contributed by atoms with Gasteiger partial charge in [-0.3, -0.25) is 9.36 Å². The van der Waals surface area contributed by atoms with Crippen molar-refractivity contribution in [3.05, 3.63) is 40.7 Å². The number of aryl methyl sites for hydroxylation is 4. The molecule has 9 heteroatoms. The molecule has 2 atom stereocenters. The van der Waals surface area contributed by atoms with Crippen molar-refractivity contribution in [3.8, 4) is 11.4 Å². The van der Waals surface area contributed by atoms with Crippen molar-refractivity contribution in [2.24, 2.45) is 21.1 Å². The van der Waals surface area contributed by atoms with E-state index < -0.39 is 0 Å². The summed E-state index contributed by atoms with van der Waals surface area (Å²) >= 11 is 6.35. The van der Waals surface area contributed by atoms with Gasteiger partial charge in [0.15, 0.2) is 11.3 Å². The molecule has 0 aromatic carbocycles. The zero-order valence-corrected chi connectivity index (χ0v) is 16.3. The van der Waals surface area contributed by atoms with E-state index in [1.54, 1.807) is 10.9 Å². The predicted octanol–water partition coefficient (Wildman–Crippen LogP) is 2.73. The lowest BCUT2D eigenvalue weighted by Crippen LogP contribution is -1.98. The zero-order valence-electron chi connectivity index (χ0n) is 15.5. The van der Waals surface area contributed by atoms with Crippen LogP contribution in [0.4, 0.5) is 0 Å². The molecule has 0 N–H and O–H groups in total. The maximum Gasteiger partial charge on any atom is 0.197 e. The number of hydrogen-bond acceptors (Lipinski definition) is 5. The van der Waals surface area contributed by atoms with E-state index in [0.29, 0.717) is 22.6 Å². The van der Waals surface area contributed by atoms with Gasteiger partial charge in [-0.25, -0.2) is 15.0 Å². The highest BCUT2D eigenvalue weighted by atomic mass is 35.5. The summed E-state index contributed by atoms with van der Waals surface area (Å²) in [6.07, 6.45) is 4.66. The van der Waals surface area contributed by atoms with Crippen molar-refractivity contribution in [1.29, 1.82) is 0 Å². The predicted molar refractivity (Wildman–Crippen MR) is 102 cm³/mol. The van der Waals surface area contributed by atoms with Gasteiger partial charge < -0.3 is 4.57 Å². The van der Waals surface area contributed by atoms with E-state index in [4.69, 9.17) is 21.7 Å². The van der Waals surface area contributed by atoms with Crippen LogP contribution in [0.5, 0.6) is 0 Å². The Morgan fingerprint density at radius 1 is 1.07 bits per heavy atom. The fraction of sp³-hybridized carbons (Fsp3) is 0.389. The van der Waals surface area contributed by atoms with Gasteiger partial charge in [0.25, 0.3) is 0 Å². The highest BCUT2D eigenvalue weighted by Crippen LogP contribution is 2.55. The Balaban J connectivity index is 1.49. The Morgan fingerprint density at radius 2 is 1.89 bits per heavy atom. The number of imidazole rings is 1. The van der Waals surface area contributed by atoms with Crippen molar-refractivity contribution in [2.45, 2.75) is 25.2 Å². The van der Waals surface area contributed by atoms with Gasteiger partial charge in [-0.15, -0.1) is 0 Å². The van der Waals surface area contributed by atoms with Crippen LogP contribution in [0.15, 0.2) is 18.5 Å². The molecule has 0 bridgehead atoms. The summed E-state index contributed by atoms with van der Waals surface area (Å²) in [4.78, 5) is 13.6. The van der Waals surface area contributed by atoms with Crippen LogP contribution in [0.25, 0.3) is 22.7 Å². The molecule has 4 aromatic heterocycles. The van der Waals surface area contributed by atoms with Gasteiger partial charge >= 0.3 is 0 Å². The average Bonchev–Trinajstić information content (AvgIpc) is 3.12. The Bertz CT molecular complexity index is 1180. The largest absolute Gasteiger partial charge is 0.315 e.